The van der Waals surface area contributed by atoms with Crippen molar-refractivity contribution >= 4 is 11.9 Å². The zero-order chi connectivity index (χ0) is 21.1. The Morgan fingerprint density at radius 2 is 1.50 bits per heavy atom. The quantitative estimate of drug-likeness (QED) is 0.798. The Balaban J connectivity index is 1.29. The number of carbonyl (C=O) groups is 2. The van der Waals surface area contributed by atoms with E-state index < -0.39 is 0 Å². The van der Waals surface area contributed by atoms with Crippen LogP contribution in [0.25, 0.3) is 0 Å². The Morgan fingerprint density at radius 3 is 2.00 bits per heavy atom. The molecule has 3 aliphatic rings. The molecule has 166 valence electrons. The third-order valence-electron chi connectivity index (χ3n) is 7.53. The second-order valence-electron chi connectivity index (χ2n) is 9.41. The molecule has 0 spiro atoms. The third kappa shape index (κ3) is 4.65. The van der Waals surface area contributed by atoms with Crippen molar-refractivity contribution in [3.05, 3.63) is 17.0 Å². The normalized spacial score (nSPS) is 21.0. The Labute approximate surface area is 179 Å². The molecule has 0 radical (unpaired) electrons. The highest BCUT2D eigenvalue weighted by Crippen LogP contribution is 2.37. The van der Waals surface area contributed by atoms with E-state index in [0.29, 0.717) is 56.2 Å². The van der Waals surface area contributed by atoms with Gasteiger partial charge in [-0.1, -0.05) is 30.8 Å². The smallest absolute Gasteiger partial charge is 0.317 e. The van der Waals surface area contributed by atoms with Gasteiger partial charge < -0.3 is 19.6 Å². The van der Waals surface area contributed by atoms with E-state index in [1.54, 1.807) is 0 Å². The number of aromatic nitrogens is 1. The minimum Gasteiger partial charge on any atom is -0.361 e. The van der Waals surface area contributed by atoms with Crippen molar-refractivity contribution in [2.24, 2.45) is 11.8 Å². The standard InChI is InChI=1S/C23H36N4O3/c1-16-20(17(2)30-25-16)15-21(28)26-11-13-27(14-12-26)23(29)24-22(18-7-3-4-8-18)19-9-5-6-10-19/h18-19,22H,3-15H2,1-2H3,(H,24,29). The number of urea groups is 1. The molecule has 4 rings (SSSR count). The summed E-state index contributed by atoms with van der Waals surface area (Å²) in [6, 6.07) is 0.401. The van der Waals surface area contributed by atoms with Crippen LogP contribution >= 0.6 is 0 Å². The van der Waals surface area contributed by atoms with E-state index in [0.717, 1.165) is 11.3 Å². The van der Waals surface area contributed by atoms with Crippen LogP contribution in [0.3, 0.4) is 0 Å². The Bertz CT molecular complexity index is 706. The largest absolute Gasteiger partial charge is 0.361 e. The SMILES string of the molecule is Cc1noc(C)c1CC(=O)N1CCN(C(=O)NC(C2CCCC2)C2CCCC2)CC1. The van der Waals surface area contributed by atoms with Gasteiger partial charge in [-0.15, -0.1) is 0 Å². The number of nitrogens with one attached hydrogen (secondary N) is 1. The van der Waals surface area contributed by atoms with E-state index in [9.17, 15) is 9.59 Å². The van der Waals surface area contributed by atoms with Crippen molar-refractivity contribution in [3.8, 4) is 0 Å². The summed E-state index contributed by atoms with van der Waals surface area (Å²) in [7, 11) is 0. The second-order valence-corrected chi connectivity index (χ2v) is 9.41. The first-order chi connectivity index (χ1) is 14.5. The number of piperazine rings is 1. The van der Waals surface area contributed by atoms with Gasteiger partial charge in [-0.25, -0.2) is 4.79 Å². The molecule has 0 atom stereocenters. The minimum atomic E-state index is 0.0663. The molecule has 2 saturated carbocycles. The van der Waals surface area contributed by atoms with Gasteiger partial charge in [-0.3, -0.25) is 4.79 Å². The predicted molar refractivity (Wildman–Crippen MR) is 114 cm³/mol. The van der Waals surface area contributed by atoms with Crippen LogP contribution in [0.1, 0.15) is 68.4 Å². The highest BCUT2D eigenvalue weighted by molar-refractivity contribution is 5.80. The Hall–Kier alpha value is -2.05. The van der Waals surface area contributed by atoms with Gasteiger partial charge in [-0.05, 0) is 51.4 Å². The molecule has 0 aromatic carbocycles. The zero-order valence-electron chi connectivity index (χ0n) is 18.5. The Morgan fingerprint density at radius 1 is 0.967 bits per heavy atom. The van der Waals surface area contributed by atoms with Crippen LogP contribution in [-0.4, -0.2) is 59.1 Å². The molecule has 1 saturated heterocycles. The molecule has 1 N–H and O–H groups in total. The average molecular weight is 417 g/mol. The number of aryl methyl sites for hydroxylation is 2. The van der Waals surface area contributed by atoms with E-state index >= 15 is 0 Å². The van der Waals surface area contributed by atoms with E-state index in [4.69, 9.17) is 4.52 Å². The van der Waals surface area contributed by atoms with Crippen LogP contribution in [-0.2, 0) is 11.2 Å². The first-order valence-corrected chi connectivity index (χ1v) is 11.8. The lowest BCUT2D eigenvalue weighted by Crippen LogP contribution is -2.56. The van der Waals surface area contributed by atoms with Crippen LogP contribution in [0, 0.1) is 25.7 Å². The second kappa shape index (κ2) is 9.40. The summed E-state index contributed by atoms with van der Waals surface area (Å²) in [5.41, 5.74) is 1.67. The highest BCUT2D eigenvalue weighted by atomic mass is 16.5. The summed E-state index contributed by atoms with van der Waals surface area (Å²) in [4.78, 5) is 29.5. The van der Waals surface area contributed by atoms with E-state index in [-0.39, 0.29) is 11.9 Å². The summed E-state index contributed by atoms with van der Waals surface area (Å²) < 4.78 is 5.17. The molecule has 7 nitrogen and oxygen atoms in total. The number of amides is 3. The van der Waals surface area contributed by atoms with Crippen molar-refractivity contribution < 1.29 is 14.1 Å². The molecule has 30 heavy (non-hydrogen) atoms. The van der Waals surface area contributed by atoms with Gasteiger partial charge in [0.2, 0.25) is 5.91 Å². The van der Waals surface area contributed by atoms with Crippen LogP contribution in [0.15, 0.2) is 4.52 Å². The lowest BCUT2D eigenvalue weighted by Gasteiger charge is -2.37. The van der Waals surface area contributed by atoms with Gasteiger partial charge in [0.25, 0.3) is 0 Å². The predicted octanol–water partition coefficient (Wildman–Crippen LogP) is 3.44. The van der Waals surface area contributed by atoms with Gasteiger partial charge in [-0.2, -0.15) is 0 Å². The van der Waals surface area contributed by atoms with E-state index in [1.165, 1.54) is 51.4 Å². The monoisotopic (exact) mass is 416 g/mol. The summed E-state index contributed by atoms with van der Waals surface area (Å²) in [6.07, 6.45) is 10.5. The molecule has 1 aliphatic heterocycles. The van der Waals surface area contributed by atoms with Gasteiger partial charge >= 0.3 is 6.03 Å². The topological polar surface area (TPSA) is 78.7 Å². The number of rotatable bonds is 5. The maximum atomic E-state index is 13.0. The molecule has 1 aromatic rings. The van der Waals surface area contributed by atoms with Crippen LogP contribution in [0.5, 0.6) is 0 Å². The third-order valence-corrected chi connectivity index (χ3v) is 7.53. The summed E-state index contributed by atoms with van der Waals surface area (Å²) in [6.45, 7) is 6.09. The maximum absolute atomic E-state index is 13.0. The number of carbonyl (C=O) groups excluding carboxylic acids is 2. The highest BCUT2D eigenvalue weighted by Gasteiger charge is 2.35. The number of hydrogen-bond acceptors (Lipinski definition) is 4. The molecular formula is C23H36N4O3. The minimum absolute atomic E-state index is 0.0663. The molecule has 1 aromatic heterocycles. The fraction of sp³-hybridized carbons (Fsp3) is 0.783. The van der Waals surface area contributed by atoms with Crippen LogP contribution < -0.4 is 5.32 Å². The summed E-state index contributed by atoms with van der Waals surface area (Å²) >= 11 is 0. The van der Waals surface area contributed by atoms with Crippen LogP contribution in [0.4, 0.5) is 4.79 Å². The molecular weight excluding hydrogens is 380 g/mol. The fourth-order valence-corrected chi connectivity index (χ4v) is 5.66. The molecule has 0 unspecified atom stereocenters. The van der Waals surface area contributed by atoms with Gasteiger partial charge in [0, 0.05) is 37.8 Å². The van der Waals surface area contributed by atoms with E-state index in [2.05, 4.69) is 10.5 Å². The molecule has 0 bridgehead atoms. The number of nitrogens with zero attached hydrogens (tertiary/aromatic N) is 3. The lowest BCUT2D eigenvalue weighted by molar-refractivity contribution is -0.131. The van der Waals surface area contributed by atoms with Crippen molar-refractivity contribution in [2.75, 3.05) is 26.2 Å². The first kappa shape index (κ1) is 21.2. The zero-order valence-corrected chi connectivity index (χ0v) is 18.5. The Kier molecular flexibility index (Phi) is 6.64. The van der Waals surface area contributed by atoms with E-state index in [1.807, 2.05) is 23.6 Å². The van der Waals surface area contributed by atoms with Crippen LogP contribution in [0.2, 0.25) is 0 Å². The molecule has 3 amide bonds. The molecule has 2 aliphatic carbocycles. The molecule has 2 heterocycles. The molecule has 7 heteroatoms. The molecule has 3 fully saturated rings. The van der Waals surface area contributed by atoms with Crippen molar-refractivity contribution in [3.63, 3.8) is 0 Å². The van der Waals surface area contributed by atoms with Gasteiger partial charge in [0.05, 0.1) is 12.1 Å². The summed E-state index contributed by atoms with van der Waals surface area (Å²) in [5, 5.41) is 7.36. The fourth-order valence-electron chi connectivity index (χ4n) is 5.66. The maximum Gasteiger partial charge on any atom is 0.317 e. The first-order valence-electron chi connectivity index (χ1n) is 11.8. The van der Waals surface area contributed by atoms with Crippen molar-refractivity contribution in [2.45, 2.75) is 77.7 Å². The number of hydrogen-bond donors (Lipinski definition) is 1. The van der Waals surface area contributed by atoms with Gasteiger partial charge in [0.1, 0.15) is 5.76 Å². The lowest BCUT2D eigenvalue weighted by atomic mass is 9.86. The average Bonchev–Trinajstić information content (AvgIpc) is 3.52. The summed E-state index contributed by atoms with van der Waals surface area (Å²) in [5.74, 6) is 2.09. The van der Waals surface area contributed by atoms with Crippen molar-refractivity contribution in [1.29, 1.82) is 0 Å². The van der Waals surface area contributed by atoms with Crippen molar-refractivity contribution in [1.82, 2.24) is 20.3 Å². The van der Waals surface area contributed by atoms with Gasteiger partial charge in [0.15, 0.2) is 0 Å².